The molecule has 3 aromatic rings. The summed E-state index contributed by atoms with van der Waals surface area (Å²) in [7, 11) is 0. The lowest BCUT2D eigenvalue weighted by Crippen LogP contribution is -2.42. The van der Waals surface area contributed by atoms with Crippen molar-refractivity contribution in [1.82, 2.24) is 20.4 Å². The largest absolute Gasteiger partial charge is 0.395 e. The SMILES string of the molecule is CCc1cc(C(=O)N2CCO[C@@H](c3c(C(=O)NCCO)sc4ncccc34)C2)on1. The van der Waals surface area contributed by atoms with E-state index in [1.165, 1.54) is 11.3 Å². The molecule has 4 heterocycles. The molecular formula is C20H22N4O5S. The highest BCUT2D eigenvalue weighted by Gasteiger charge is 2.33. The van der Waals surface area contributed by atoms with Crippen LogP contribution in [0.1, 0.15) is 44.5 Å². The minimum atomic E-state index is -0.482. The minimum absolute atomic E-state index is 0.149. The minimum Gasteiger partial charge on any atom is -0.395 e. The van der Waals surface area contributed by atoms with Crippen LogP contribution in [0.5, 0.6) is 0 Å². The van der Waals surface area contributed by atoms with Crippen molar-refractivity contribution in [3.8, 4) is 0 Å². The van der Waals surface area contributed by atoms with Crippen LogP contribution in [0.2, 0.25) is 0 Å². The van der Waals surface area contributed by atoms with E-state index in [4.69, 9.17) is 14.4 Å². The van der Waals surface area contributed by atoms with E-state index >= 15 is 0 Å². The molecule has 10 heteroatoms. The molecule has 30 heavy (non-hydrogen) atoms. The zero-order valence-electron chi connectivity index (χ0n) is 16.5. The highest BCUT2D eigenvalue weighted by Crippen LogP contribution is 2.37. The van der Waals surface area contributed by atoms with E-state index in [1.54, 1.807) is 23.2 Å². The molecule has 2 N–H and O–H groups in total. The predicted molar refractivity (Wildman–Crippen MR) is 110 cm³/mol. The van der Waals surface area contributed by atoms with Gasteiger partial charge in [-0.2, -0.15) is 0 Å². The van der Waals surface area contributed by atoms with E-state index in [0.29, 0.717) is 30.0 Å². The molecule has 0 bridgehead atoms. The van der Waals surface area contributed by atoms with Crippen molar-refractivity contribution >= 4 is 33.4 Å². The first kappa shape index (κ1) is 20.5. The van der Waals surface area contributed by atoms with Gasteiger partial charge in [0.15, 0.2) is 0 Å². The number of hydrogen-bond acceptors (Lipinski definition) is 8. The number of carbonyl (C=O) groups is 2. The van der Waals surface area contributed by atoms with Gasteiger partial charge in [0.25, 0.3) is 11.8 Å². The van der Waals surface area contributed by atoms with Gasteiger partial charge in [0.2, 0.25) is 5.76 Å². The summed E-state index contributed by atoms with van der Waals surface area (Å²) in [5.74, 6) is -0.346. The number of ether oxygens (including phenoxy) is 1. The highest BCUT2D eigenvalue weighted by atomic mass is 32.1. The first-order chi connectivity index (χ1) is 14.6. The summed E-state index contributed by atoms with van der Waals surface area (Å²) < 4.78 is 11.2. The number of aliphatic hydroxyl groups is 1. The van der Waals surface area contributed by atoms with Crippen molar-refractivity contribution in [3.63, 3.8) is 0 Å². The van der Waals surface area contributed by atoms with Crippen LogP contribution in [0.15, 0.2) is 28.9 Å². The molecule has 0 unspecified atom stereocenters. The number of carbonyl (C=O) groups excluding carboxylic acids is 2. The van der Waals surface area contributed by atoms with Crippen molar-refractivity contribution in [2.75, 3.05) is 32.8 Å². The maximum atomic E-state index is 12.9. The van der Waals surface area contributed by atoms with Gasteiger partial charge in [-0.3, -0.25) is 9.59 Å². The fourth-order valence-electron chi connectivity index (χ4n) is 3.43. The van der Waals surface area contributed by atoms with Crippen molar-refractivity contribution in [2.24, 2.45) is 0 Å². The average Bonchev–Trinajstić information content (AvgIpc) is 3.42. The van der Waals surface area contributed by atoms with E-state index < -0.39 is 6.10 Å². The first-order valence-corrected chi connectivity index (χ1v) is 10.6. The third kappa shape index (κ3) is 3.93. The second-order valence-electron chi connectivity index (χ2n) is 6.83. The molecule has 3 aromatic heterocycles. The van der Waals surface area contributed by atoms with Gasteiger partial charge in [-0.1, -0.05) is 18.1 Å². The van der Waals surface area contributed by atoms with E-state index in [9.17, 15) is 9.59 Å². The zero-order valence-corrected chi connectivity index (χ0v) is 17.3. The Bertz CT molecular complexity index is 1060. The summed E-state index contributed by atoms with van der Waals surface area (Å²) in [5.41, 5.74) is 1.43. The Morgan fingerprint density at radius 2 is 2.30 bits per heavy atom. The topological polar surface area (TPSA) is 118 Å². The monoisotopic (exact) mass is 430 g/mol. The van der Waals surface area contributed by atoms with E-state index in [0.717, 1.165) is 15.9 Å². The van der Waals surface area contributed by atoms with Gasteiger partial charge in [-0.25, -0.2) is 4.98 Å². The maximum absolute atomic E-state index is 12.9. The number of aliphatic hydroxyl groups excluding tert-OH is 1. The van der Waals surface area contributed by atoms with Gasteiger partial charge in [-0.05, 0) is 12.5 Å². The standard InChI is InChI=1S/C20H22N4O5S/c1-2-12-10-14(29-23-12)20(27)24-7-9-28-15(11-24)16-13-4-3-5-22-19(13)30-17(16)18(26)21-6-8-25/h3-5,10,15,25H,2,6-9,11H2,1H3,(H,21,26)/t15-/m1/s1. The summed E-state index contributed by atoms with van der Waals surface area (Å²) in [4.78, 5) is 32.8. The van der Waals surface area contributed by atoms with E-state index in [2.05, 4.69) is 15.5 Å². The Morgan fingerprint density at radius 1 is 1.43 bits per heavy atom. The number of aromatic nitrogens is 2. The lowest BCUT2D eigenvalue weighted by Gasteiger charge is -2.32. The van der Waals surface area contributed by atoms with Crippen LogP contribution in [0.4, 0.5) is 0 Å². The zero-order chi connectivity index (χ0) is 21.1. The van der Waals surface area contributed by atoms with Crippen molar-refractivity contribution < 1.29 is 24.0 Å². The molecule has 0 aromatic carbocycles. The fourth-order valence-corrected chi connectivity index (χ4v) is 4.54. The molecule has 0 radical (unpaired) electrons. The number of thiophene rings is 1. The van der Waals surface area contributed by atoms with Crippen LogP contribution in [-0.2, 0) is 11.2 Å². The molecule has 9 nitrogen and oxygen atoms in total. The Kier molecular flexibility index (Phi) is 6.07. The third-order valence-electron chi connectivity index (χ3n) is 4.92. The molecular weight excluding hydrogens is 408 g/mol. The molecule has 158 valence electrons. The smallest absolute Gasteiger partial charge is 0.292 e. The van der Waals surface area contributed by atoms with Crippen molar-refractivity contribution in [3.05, 3.63) is 46.3 Å². The van der Waals surface area contributed by atoms with Crippen molar-refractivity contribution in [1.29, 1.82) is 0 Å². The number of nitrogens with zero attached hydrogens (tertiary/aromatic N) is 3. The molecule has 1 fully saturated rings. The Morgan fingerprint density at radius 3 is 3.07 bits per heavy atom. The van der Waals surface area contributed by atoms with Gasteiger partial charge in [0.05, 0.1) is 25.5 Å². The van der Waals surface area contributed by atoms with Crippen LogP contribution in [0.25, 0.3) is 10.2 Å². The van der Waals surface area contributed by atoms with Gasteiger partial charge in [-0.15, -0.1) is 11.3 Å². The van der Waals surface area contributed by atoms with Crippen LogP contribution in [0.3, 0.4) is 0 Å². The summed E-state index contributed by atoms with van der Waals surface area (Å²) in [6, 6.07) is 5.36. The van der Waals surface area contributed by atoms with Gasteiger partial charge >= 0.3 is 0 Å². The average molecular weight is 430 g/mol. The normalized spacial score (nSPS) is 16.7. The number of nitrogens with one attached hydrogen (secondary N) is 1. The molecule has 0 spiro atoms. The molecule has 0 saturated carbocycles. The fraction of sp³-hybridized carbons (Fsp3) is 0.400. The van der Waals surface area contributed by atoms with Crippen LogP contribution < -0.4 is 5.32 Å². The quantitative estimate of drug-likeness (QED) is 0.612. The highest BCUT2D eigenvalue weighted by molar-refractivity contribution is 7.20. The van der Waals surface area contributed by atoms with Crippen LogP contribution in [-0.4, -0.2) is 64.8 Å². The second kappa shape index (κ2) is 8.90. The van der Waals surface area contributed by atoms with E-state index in [-0.39, 0.29) is 37.3 Å². The molecule has 0 aliphatic carbocycles. The number of amides is 2. The van der Waals surface area contributed by atoms with Crippen molar-refractivity contribution in [2.45, 2.75) is 19.4 Å². The molecule has 1 saturated heterocycles. The number of fused-ring (bicyclic) bond motifs is 1. The Balaban J connectivity index is 1.64. The Hall–Kier alpha value is -2.82. The van der Waals surface area contributed by atoms with Crippen LogP contribution in [0, 0.1) is 0 Å². The molecule has 4 rings (SSSR count). The lowest BCUT2D eigenvalue weighted by molar-refractivity contribution is -0.0234. The first-order valence-electron chi connectivity index (χ1n) is 9.75. The van der Waals surface area contributed by atoms with Gasteiger partial charge in [0, 0.05) is 36.3 Å². The van der Waals surface area contributed by atoms with Gasteiger partial charge < -0.3 is 24.6 Å². The summed E-state index contributed by atoms with van der Waals surface area (Å²) in [6.07, 6.45) is 1.87. The second-order valence-corrected chi connectivity index (χ2v) is 7.83. The number of hydrogen-bond donors (Lipinski definition) is 2. The summed E-state index contributed by atoms with van der Waals surface area (Å²) in [6.45, 7) is 2.98. The maximum Gasteiger partial charge on any atom is 0.292 e. The summed E-state index contributed by atoms with van der Waals surface area (Å²) in [5, 5.41) is 16.4. The van der Waals surface area contributed by atoms with E-state index in [1.807, 2.05) is 13.0 Å². The third-order valence-corrected chi connectivity index (χ3v) is 6.04. The predicted octanol–water partition coefficient (Wildman–Crippen LogP) is 1.78. The molecule has 1 atom stereocenters. The Labute approximate surface area is 176 Å². The van der Waals surface area contributed by atoms with Gasteiger partial charge in [0.1, 0.15) is 15.8 Å². The molecule has 1 aliphatic heterocycles. The molecule has 2 amide bonds. The van der Waals surface area contributed by atoms with Crippen LogP contribution >= 0.6 is 11.3 Å². The number of rotatable bonds is 6. The number of morpholine rings is 1. The molecule has 1 aliphatic rings. The number of aryl methyl sites for hydroxylation is 1. The lowest BCUT2D eigenvalue weighted by atomic mass is 10.0. The number of pyridine rings is 1. The summed E-state index contributed by atoms with van der Waals surface area (Å²) >= 11 is 1.27.